The Kier molecular flexibility index (Phi) is 6.02. The zero-order valence-electron chi connectivity index (χ0n) is 15.9. The number of hydrogen-bond donors (Lipinski definition) is 3. The average Bonchev–Trinajstić information content (AvgIpc) is 2.60. The predicted octanol–water partition coefficient (Wildman–Crippen LogP) is 2.18. The Morgan fingerprint density at radius 3 is 1.85 bits per heavy atom. The molecule has 2 aromatic carbocycles. The van der Waals surface area contributed by atoms with E-state index < -0.39 is 21.8 Å². The van der Waals surface area contributed by atoms with Gasteiger partial charge in [0, 0.05) is 5.69 Å². The number of amides is 2. The number of sulfonamides is 1. The first kappa shape index (κ1) is 20.6. The quantitative estimate of drug-likeness (QED) is 0.551. The van der Waals surface area contributed by atoms with E-state index in [9.17, 15) is 18.0 Å². The molecule has 8 heteroatoms. The van der Waals surface area contributed by atoms with E-state index in [4.69, 9.17) is 0 Å². The van der Waals surface area contributed by atoms with Gasteiger partial charge < -0.3 is 5.32 Å². The van der Waals surface area contributed by atoms with Gasteiger partial charge in [0.1, 0.15) is 0 Å². The molecule has 0 saturated heterocycles. The molecule has 0 bridgehead atoms. The van der Waals surface area contributed by atoms with Crippen LogP contribution in [0.25, 0.3) is 0 Å². The monoisotopic (exact) mass is 389 g/mol. The number of carbonyl (C=O) groups excluding carboxylic acids is 2. The van der Waals surface area contributed by atoms with Gasteiger partial charge in [-0.1, -0.05) is 23.8 Å². The van der Waals surface area contributed by atoms with Gasteiger partial charge in [0.15, 0.2) is 0 Å². The van der Waals surface area contributed by atoms with Crippen LogP contribution in [0.15, 0.2) is 35.2 Å². The molecular weight excluding hydrogens is 366 g/mol. The van der Waals surface area contributed by atoms with Crippen molar-refractivity contribution < 1.29 is 18.0 Å². The zero-order valence-corrected chi connectivity index (χ0v) is 16.7. The van der Waals surface area contributed by atoms with Crippen molar-refractivity contribution in [3.05, 3.63) is 58.1 Å². The molecule has 0 radical (unpaired) electrons. The van der Waals surface area contributed by atoms with E-state index in [-0.39, 0.29) is 4.90 Å². The fourth-order valence-corrected chi connectivity index (χ4v) is 4.09. The molecule has 2 rings (SSSR count). The molecule has 3 N–H and O–H groups in total. The summed E-state index contributed by atoms with van der Waals surface area (Å²) < 4.78 is 25.3. The molecule has 2 amide bonds. The summed E-state index contributed by atoms with van der Waals surface area (Å²) in [6.07, 6.45) is 0. The van der Waals surface area contributed by atoms with E-state index in [1.807, 2.05) is 37.1 Å². The minimum Gasteiger partial charge on any atom is -0.318 e. The van der Waals surface area contributed by atoms with Crippen LogP contribution in [0.1, 0.15) is 27.8 Å². The van der Waals surface area contributed by atoms with Gasteiger partial charge in [0.05, 0.1) is 4.90 Å². The highest BCUT2D eigenvalue weighted by molar-refractivity contribution is 7.89. The Balaban J connectivity index is 2.12. The normalized spacial score (nSPS) is 11.1. The van der Waals surface area contributed by atoms with Gasteiger partial charge in [-0.15, -0.1) is 4.83 Å². The summed E-state index contributed by atoms with van der Waals surface area (Å²) in [5, 5.41) is 2.40. The van der Waals surface area contributed by atoms with Gasteiger partial charge in [0.25, 0.3) is 10.0 Å². The molecule has 0 fully saturated rings. The molecule has 0 atom stereocenters. The Morgan fingerprint density at radius 2 is 1.33 bits per heavy atom. The molecule has 0 aromatic heterocycles. The van der Waals surface area contributed by atoms with E-state index in [1.165, 1.54) is 0 Å². The molecule has 0 unspecified atom stereocenters. The average molecular weight is 389 g/mol. The number of carbonyl (C=O) groups is 2. The lowest BCUT2D eigenvalue weighted by Gasteiger charge is -2.16. The van der Waals surface area contributed by atoms with Crippen molar-refractivity contribution in [2.24, 2.45) is 0 Å². The summed E-state index contributed by atoms with van der Waals surface area (Å²) in [6.45, 7) is 8.91. The minimum absolute atomic E-state index is 0.0965. The molecule has 0 spiro atoms. The van der Waals surface area contributed by atoms with E-state index >= 15 is 0 Å². The summed E-state index contributed by atoms with van der Waals surface area (Å²) in [4.78, 5) is 26.0. The smallest absolute Gasteiger partial charge is 0.318 e. The first-order chi connectivity index (χ1) is 12.5. The number of nitrogens with one attached hydrogen (secondary N) is 3. The van der Waals surface area contributed by atoms with Crippen LogP contribution in [0.5, 0.6) is 0 Å². The van der Waals surface area contributed by atoms with Crippen molar-refractivity contribution in [2.45, 2.75) is 39.5 Å². The molecule has 144 valence electrons. The second kappa shape index (κ2) is 7.89. The maximum atomic E-state index is 12.6. The zero-order chi connectivity index (χ0) is 20.4. The third-order valence-corrected chi connectivity index (χ3v) is 5.90. The lowest BCUT2D eigenvalue weighted by atomic mass is 10.0. The van der Waals surface area contributed by atoms with Crippen molar-refractivity contribution in [3.63, 3.8) is 0 Å². The van der Waals surface area contributed by atoms with Crippen LogP contribution in [0.2, 0.25) is 0 Å². The molecule has 27 heavy (non-hydrogen) atoms. The maximum absolute atomic E-state index is 12.6. The number of benzene rings is 2. The molecule has 2 aromatic rings. The van der Waals surface area contributed by atoms with E-state index in [0.717, 1.165) is 16.7 Å². The van der Waals surface area contributed by atoms with Gasteiger partial charge in [-0.25, -0.2) is 8.42 Å². The topological polar surface area (TPSA) is 104 Å². The summed E-state index contributed by atoms with van der Waals surface area (Å²) in [5.74, 6) is -2.09. The maximum Gasteiger partial charge on any atom is 0.324 e. The van der Waals surface area contributed by atoms with E-state index in [2.05, 4.69) is 5.32 Å². The van der Waals surface area contributed by atoms with Crippen molar-refractivity contribution in [3.8, 4) is 0 Å². The van der Waals surface area contributed by atoms with Crippen molar-refractivity contribution >= 4 is 27.5 Å². The fourth-order valence-electron chi connectivity index (χ4n) is 2.63. The highest BCUT2D eigenvalue weighted by Crippen LogP contribution is 2.25. The number of rotatable bonds is 4. The fraction of sp³-hybridized carbons (Fsp3) is 0.263. The first-order valence-corrected chi connectivity index (χ1v) is 9.78. The van der Waals surface area contributed by atoms with Gasteiger partial charge in [-0.3, -0.25) is 15.0 Å². The Hall–Kier alpha value is -2.71. The van der Waals surface area contributed by atoms with Gasteiger partial charge in [-0.2, -0.15) is 0 Å². The molecule has 0 saturated carbocycles. The summed E-state index contributed by atoms with van der Waals surface area (Å²) >= 11 is 0. The molecule has 0 aliphatic carbocycles. The molecule has 0 aliphatic heterocycles. The third-order valence-electron chi connectivity index (χ3n) is 4.38. The van der Waals surface area contributed by atoms with Crippen LogP contribution in [0.3, 0.4) is 0 Å². The van der Waals surface area contributed by atoms with Crippen molar-refractivity contribution in [2.75, 3.05) is 5.32 Å². The molecule has 0 aliphatic rings. The number of hydrazine groups is 1. The van der Waals surface area contributed by atoms with Crippen molar-refractivity contribution in [1.82, 2.24) is 10.3 Å². The number of anilines is 1. The van der Waals surface area contributed by atoms with Crippen LogP contribution in [-0.2, 0) is 19.6 Å². The van der Waals surface area contributed by atoms with E-state index in [0.29, 0.717) is 16.8 Å². The summed E-state index contributed by atoms with van der Waals surface area (Å²) in [7, 11) is -4.04. The Morgan fingerprint density at radius 1 is 0.815 bits per heavy atom. The molecule has 0 heterocycles. The highest BCUT2D eigenvalue weighted by atomic mass is 32.2. The van der Waals surface area contributed by atoms with Crippen LogP contribution >= 0.6 is 0 Å². The molecular formula is C19H23N3O4S. The highest BCUT2D eigenvalue weighted by Gasteiger charge is 2.24. The predicted molar refractivity (Wildman–Crippen MR) is 104 cm³/mol. The second-order valence-corrected chi connectivity index (χ2v) is 8.09. The third kappa shape index (κ3) is 4.72. The van der Waals surface area contributed by atoms with Gasteiger partial charge >= 0.3 is 11.8 Å². The standard InChI is InChI=1S/C19H23N3O4S/c1-11-6-8-16(9-7-11)20-18(23)19(24)21-22-27(25,26)17-14(4)12(2)10-13(3)15(17)5/h6-10,22H,1-5H3,(H,20,23)(H,21,24). The number of hydrogen-bond acceptors (Lipinski definition) is 4. The van der Waals surface area contributed by atoms with Gasteiger partial charge in [-0.05, 0) is 69.0 Å². The number of aryl methyl sites for hydroxylation is 3. The first-order valence-electron chi connectivity index (χ1n) is 8.30. The largest absolute Gasteiger partial charge is 0.324 e. The van der Waals surface area contributed by atoms with Crippen LogP contribution < -0.4 is 15.6 Å². The Labute approximate surface area is 159 Å². The van der Waals surface area contributed by atoms with Crippen LogP contribution in [0, 0.1) is 34.6 Å². The lowest BCUT2D eigenvalue weighted by molar-refractivity contribution is -0.136. The van der Waals surface area contributed by atoms with E-state index in [1.54, 1.807) is 38.1 Å². The van der Waals surface area contributed by atoms with Crippen LogP contribution in [0.4, 0.5) is 5.69 Å². The SMILES string of the molecule is Cc1ccc(NC(=O)C(=O)NNS(=O)(=O)c2c(C)c(C)cc(C)c2C)cc1. The lowest BCUT2D eigenvalue weighted by Crippen LogP contribution is -2.46. The van der Waals surface area contributed by atoms with Crippen LogP contribution in [-0.4, -0.2) is 20.2 Å². The van der Waals surface area contributed by atoms with Crippen molar-refractivity contribution in [1.29, 1.82) is 0 Å². The summed E-state index contributed by atoms with van der Waals surface area (Å²) in [5.41, 5.74) is 6.21. The van der Waals surface area contributed by atoms with Gasteiger partial charge in [0.2, 0.25) is 0 Å². The summed E-state index contributed by atoms with van der Waals surface area (Å²) in [6, 6.07) is 8.75. The second-order valence-electron chi connectivity index (χ2n) is 6.47. The minimum atomic E-state index is -4.04. The molecule has 7 nitrogen and oxygen atoms in total. The Bertz CT molecular complexity index is 970.